The summed E-state index contributed by atoms with van der Waals surface area (Å²) in [4.78, 5) is 2.33. The Morgan fingerprint density at radius 2 is 1.85 bits per heavy atom. The maximum Gasteiger partial charge on any atom is 0.243 e. The molecule has 0 spiro atoms. The Hall–Kier alpha value is -1.31. The van der Waals surface area contributed by atoms with Gasteiger partial charge in [0.15, 0.2) is 0 Å². The number of rotatable bonds is 2. The number of sulfonamides is 1. The molecule has 0 aliphatic carbocycles. The zero-order valence-corrected chi connectivity index (χ0v) is 12.2. The van der Waals surface area contributed by atoms with Crippen LogP contribution >= 0.6 is 0 Å². The molecule has 0 saturated carbocycles. The van der Waals surface area contributed by atoms with Gasteiger partial charge in [-0.15, -0.1) is 0 Å². The van der Waals surface area contributed by atoms with Crippen LogP contribution in [0.3, 0.4) is 0 Å². The number of anilines is 1. The summed E-state index contributed by atoms with van der Waals surface area (Å²) in [5.74, 6) is 0.736. The Balaban J connectivity index is 1.95. The molecule has 6 nitrogen and oxygen atoms in total. The molecule has 20 heavy (non-hydrogen) atoms. The summed E-state index contributed by atoms with van der Waals surface area (Å²) in [6.07, 6.45) is 0. The van der Waals surface area contributed by atoms with Crippen molar-refractivity contribution in [3.8, 4) is 5.75 Å². The van der Waals surface area contributed by atoms with E-state index in [4.69, 9.17) is 9.47 Å². The molecular weight excluding hydrogens is 280 g/mol. The predicted molar refractivity (Wildman–Crippen MR) is 74.8 cm³/mol. The highest BCUT2D eigenvalue weighted by Crippen LogP contribution is 2.33. The quantitative estimate of drug-likeness (QED) is 0.797. The van der Waals surface area contributed by atoms with Gasteiger partial charge in [-0.3, -0.25) is 0 Å². The first-order valence-electron chi connectivity index (χ1n) is 6.65. The third kappa shape index (κ3) is 2.36. The van der Waals surface area contributed by atoms with Crippen LogP contribution in [0.4, 0.5) is 5.69 Å². The van der Waals surface area contributed by atoms with Crippen LogP contribution in [-0.4, -0.2) is 59.2 Å². The van der Waals surface area contributed by atoms with Gasteiger partial charge in [0.25, 0.3) is 0 Å². The van der Waals surface area contributed by atoms with Crippen molar-refractivity contribution in [2.24, 2.45) is 0 Å². The Bertz CT molecular complexity index is 596. The highest BCUT2D eigenvalue weighted by atomic mass is 32.2. The third-order valence-electron chi connectivity index (χ3n) is 3.63. The van der Waals surface area contributed by atoms with E-state index in [1.54, 1.807) is 18.2 Å². The van der Waals surface area contributed by atoms with E-state index in [1.807, 2.05) is 11.9 Å². The standard InChI is InChI=1S/C13H18N2O4S/c1-14-4-9-19-13-3-2-11(10-12(13)14)20(16,17)15-5-7-18-8-6-15/h2-3,10H,4-9H2,1H3. The number of likely N-dealkylation sites (N-methyl/N-ethyl adjacent to an activating group) is 1. The van der Waals surface area contributed by atoms with Crippen molar-refractivity contribution >= 4 is 15.7 Å². The summed E-state index contributed by atoms with van der Waals surface area (Å²) in [7, 11) is -1.51. The number of nitrogens with zero attached hydrogens (tertiary/aromatic N) is 2. The van der Waals surface area contributed by atoms with Gasteiger partial charge in [-0.2, -0.15) is 4.31 Å². The van der Waals surface area contributed by atoms with Gasteiger partial charge in [-0.1, -0.05) is 0 Å². The van der Waals surface area contributed by atoms with Gasteiger partial charge in [0.1, 0.15) is 12.4 Å². The van der Waals surface area contributed by atoms with Crippen LogP contribution in [0.2, 0.25) is 0 Å². The van der Waals surface area contributed by atoms with Gasteiger partial charge in [0.05, 0.1) is 30.3 Å². The lowest BCUT2D eigenvalue weighted by Crippen LogP contribution is -2.40. The Kier molecular flexibility index (Phi) is 3.57. The van der Waals surface area contributed by atoms with Gasteiger partial charge in [0.2, 0.25) is 10.0 Å². The fourth-order valence-corrected chi connectivity index (χ4v) is 3.86. The second-order valence-electron chi connectivity index (χ2n) is 4.92. The Morgan fingerprint density at radius 3 is 2.60 bits per heavy atom. The number of fused-ring (bicyclic) bond motifs is 1. The second kappa shape index (κ2) is 5.23. The Labute approximate surface area is 118 Å². The first-order chi connectivity index (χ1) is 9.59. The number of hydrogen-bond acceptors (Lipinski definition) is 5. The molecule has 0 atom stereocenters. The zero-order valence-electron chi connectivity index (χ0n) is 11.4. The monoisotopic (exact) mass is 298 g/mol. The van der Waals surface area contributed by atoms with Crippen LogP contribution in [0.15, 0.2) is 23.1 Å². The van der Waals surface area contributed by atoms with Crippen LogP contribution in [0, 0.1) is 0 Å². The van der Waals surface area contributed by atoms with E-state index < -0.39 is 10.0 Å². The normalized spacial score (nSPS) is 20.4. The Morgan fingerprint density at radius 1 is 1.10 bits per heavy atom. The second-order valence-corrected chi connectivity index (χ2v) is 6.85. The highest BCUT2D eigenvalue weighted by Gasteiger charge is 2.28. The van der Waals surface area contributed by atoms with Gasteiger partial charge in [0, 0.05) is 20.1 Å². The van der Waals surface area contributed by atoms with Crippen molar-refractivity contribution in [3.05, 3.63) is 18.2 Å². The average molecular weight is 298 g/mol. The molecule has 3 rings (SSSR count). The van der Waals surface area contributed by atoms with E-state index in [0.717, 1.165) is 18.0 Å². The first kappa shape index (κ1) is 13.7. The van der Waals surface area contributed by atoms with Crippen molar-refractivity contribution in [1.29, 1.82) is 0 Å². The fourth-order valence-electron chi connectivity index (χ4n) is 2.43. The van der Waals surface area contributed by atoms with E-state index in [2.05, 4.69) is 0 Å². The third-order valence-corrected chi connectivity index (χ3v) is 5.53. The number of benzene rings is 1. The van der Waals surface area contributed by atoms with Crippen LogP contribution in [0.25, 0.3) is 0 Å². The van der Waals surface area contributed by atoms with E-state index in [1.165, 1.54) is 4.31 Å². The van der Waals surface area contributed by atoms with Crippen molar-refractivity contribution in [3.63, 3.8) is 0 Å². The molecule has 0 N–H and O–H groups in total. The van der Waals surface area contributed by atoms with Gasteiger partial charge in [-0.05, 0) is 18.2 Å². The molecule has 0 aromatic heterocycles. The maximum atomic E-state index is 12.6. The van der Waals surface area contributed by atoms with E-state index in [9.17, 15) is 8.42 Å². The summed E-state index contributed by atoms with van der Waals surface area (Å²) >= 11 is 0. The lowest BCUT2D eigenvalue weighted by atomic mass is 10.2. The molecular formula is C13H18N2O4S. The van der Waals surface area contributed by atoms with Crippen molar-refractivity contribution in [2.45, 2.75) is 4.90 Å². The number of ether oxygens (including phenoxy) is 2. The molecule has 0 radical (unpaired) electrons. The number of hydrogen-bond donors (Lipinski definition) is 0. The summed E-state index contributed by atoms with van der Waals surface area (Å²) in [5, 5.41) is 0. The van der Waals surface area contributed by atoms with Crippen LogP contribution in [0.5, 0.6) is 5.75 Å². The SMILES string of the molecule is CN1CCOc2ccc(S(=O)(=O)N3CCOCC3)cc21. The van der Waals surface area contributed by atoms with E-state index >= 15 is 0 Å². The predicted octanol–water partition coefficient (Wildman–Crippen LogP) is 0.536. The van der Waals surface area contributed by atoms with Gasteiger partial charge >= 0.3 is 0 Å². The average Bonchev–Trinajstić information content (AvgIpc) is 2.48. The molecule has 1 aromatic rings. The van der Waals surface area contributed by atoms with Crippen molar-refractivity contribution in [1.82, 2.24) is 4.31 Å². The first-order valence-corrected chi connectivity index (χ1v) is 8.09. The van der Waals surface area contributed by atoms with Crippen LogP contribution < -0.4 is 9.64 Å². The minimum Gasteiger partial charge on any atom is -0.490 e. The van der Waals surface area contributed by atoms with Crippen LogP contribution in [0.1, 0.15) is 0 Å². The molecule has 0 unspecified atom stereocenters. The zero-order chi connectivity index (χ0) is 14.2. The number of morpholine rings is 1. The fraction of sp³-hybridized carbons (Fsp3) is 0.538. The molecule has 2 aliphatic rings. The topological polar surface area (TPSA) is 59.1 Å². The molecule has 1 aromatic carbocycles. The molecule has 7 heteroatoms. The van der Waals surface area contributed by atoms with Crippen molar-refractivity contribution in [2.75, 3.05) is 51.4 Å². The molecule has 0 bridgehead atoms. The molecule has 1 saturated heterocycles. The van der Waals surface area contributed by atoms with Gasteiger partial charge < -0.3 is 14.4 Å². The summed E-state index contributed by atoms with van der Waals surface area (Å²) in [5.41, 5.74) is 0.825. The van der Waals surface area contributed by atoms with E-state index in [0.29, 0.717) is 37.8 Å². The van der Waals surface area contributed by atoms with E-state index in [-0.39, 0.29) is 0 Å². The molecule has 0 amide bonds. The summed E-state index contributed by atoms with van der Waals surface area (Å²) in [6, 6.07) is 5.04. The lowest BCUT2D eigenvalue weighted by Gasteiger charge is -2.29. The molecule has 2 aliphatic heterocycles. The van der Waals surface area contributed by atoms with Gasteiger partial charge in [-0.25, -0.2) is 8.42 Å². The molecule has 110 valence electrons. The minimum atomic E-state index is -3.45. The van der Waals surface area contributed by atoms with Crippen LogP contribution in [-0.2, 0) is 14.8 Å². The lowest BCUT2D eigenvalue weighted by molar-refractivity contribution is 0.0730. The molecule has 1 fully saturated rings. The smallest absolute Gasteiger partial charge is 0.243 e. The molecule has 2 heterocycles. The maximum absolute atomic E-state index is 12.6. The van der Waals surface area contributed by atoms with Crippen molar-refractivity contribution < 1.29 is 17.9 Å². The minimum absolute atomic E-state index is 0.315. The largest absolute Gasteiger partial charge is 0.490 e. The summed E-state index contributed by atoms with van der Waals surface area (Å²) < 4.78 is 37.4. The summed E-state index contributed by atoms with van der Waals surface area (Å²) in [6.45, 7) is 3.10. The highest BCUT2D eigenvalue weighted by molar-refractivity contribution is 7.89.